The number of nitrogens with one attached hydrogen (secondary N) is 1. The maximum atomic E-state index is 12.0. The normalized spacial score (nSPS) is 30.1. The molecule has 0 bridgehead atoms. The Kier molecular flexibility index (Phi) is 5.55. The average molecular weight is 299 g/mol. The third-order valence-corrected chi connectivity index (χ3v) is 4.44. The molecule has 0 aromatic rings. The maximum Gasteiger partial charge on any atom is 0.242 e. The molecule has 3 atom stereocenters. The van der Waals surface area contributed by atoms with Crippen LogP contribution < -0.4 is 5.32 Å². The summed E-state index contributed by atoms with van der Waals surface area (Å²) in [7, 11) is 1.69. The average Bonchev–Trinajstić information content (AvgIpc) is 2.86. The van der Waals surface area contributed by atoms with E-state index in [4.69, 9.17) is 4.74 Å². The van der Waals surface area contributed by atoms with Gasteiger partial charge in [0.05, 0.1) is 31.9 Å². The fourth-order valence-corrected chi connectivity index (χ4v) is 3.18. The second kappa shape index (κ2) is 7.20. The van der Waals surface area contributed by atoms with Crippen LogP contribution in [0.5, 0.6) is 0 Å². The Morgan fingerprint density at radius 1 is 1.33 bits per heavy atom. The highest BCUT2D eigenvalue weighted by atomic mass is 16.5. The number of amides is 2. The minimum Gasteiger partial charge on any atom is -0.389 e. The third kappa shape index (κ3) is 3.93. The monoisotopic (exact) mass is 299 g/mol. The second-order valence-electron chi connectivity index (χ2n) is 5.77. The zero-order chi connectivity index (χ0) is 15.4. The highest BCUT2D eigenvalue weighted by Crippen LogP contribution is 2.28. The highest BCUT2D eigenvalue weighted by molar-refractivity contribution is 5.83. The summed E-state index contributed by atoms with van der Waals surface area (Å²) in [6, 6.07) is -0.0889. The summed E-state index contributed by atoms with van der Waals surface area (Å²) < 4.78 is 5.33. The number of aliphatic hydroxyl groups is 1. The molecule has 1 aliphatic heterocycles. The Hall–Kier alpha value is -1.18. The Bertz CT molecular complexity index is 384. The van der Waals surface area contributed by atoms with Gasteiger partial charge in [-0.05, 0) is 12.8 Å². The number of nitrogens with zero attached hydrogens (tertiary/aromatic N) is 2. The van der Waals surface area contributed by atoms with Crippen LogP contribution in [0, 0.1) is 0 Å². The number of morpholine rings is 1. The lowest BCUT2D eigenvalue weighted by molar-refractivity contribution is -0.135. The number of rotatable bonds is 4. The van der Waals surface area contributed by atoms with Crippen molar-refractivity contribution < 1.29 is 19.4 Å². The molecule has 21 heavy (non-hydrogen) atoms. The molecule has 2 amide bonds. The Morgan fingerprint density at radius 2 is 2.00 bits per heavy atom. The molecule has 1 heterocycles. The van der Waals surface area contributed by atoms with Crippen molar-refractivity contribution in [2.45, 2.75) is 38.0 Å². The Labute approximate surface area is 125 Å². The van der Waals surface area contributed by atoms with Gasteiger partial charge in [-0.2, -0.15) is 0 Å². The number of ether oxygens (including phenoxy) is 1. The van der Waals surface area contributed by atoms with Crippen LogP contribution in [0.1, 0.15) is 19.8 Å². The number of carbonyl (C=O) groups excluding carboxylic acids is 2. The molecule has 1 saturated carbocycles. The van der Waals surface area contributed by atoms with Gasteiger partial charge in [-0.25, -0.2) is 0 Å². The molecule has 120 valence electrons. The van der Waals surface area contributed by atoms with Crippen molar-refractivity contribution in [2.75, 3.05) is 39.9 Å². The summed E-state index contributed by atoms with van der Waals surface area (Å²) in [4.78, 5) is 26.7. The van der Waals surface area contributed by atoms with Gasteiger partial charge in [0.2, 0.25) is 11.8 Å². The maximum absolute atomic E-state index is 12.0. The topological polar surface area (TPSA) is 82.1 Å². The molecule has 0 aromatic heterocycles. The summed E-state index contributed by atoms with van der Waals surface area (Å²) in [5.41, 5.74) is 0. The summed E-state index contributed by atoms with van der Waals surface area (Å²) in [5.74, 6) is -0.396. The predicted octanol–water partition coefficient (Wildman–Crippen LogP) is -1.19. The van der Waals surface area contributed by atoms with E-state index in [9.17, 15) is 14.7 Å². The zero-order valence-corrected chi connectivity index (χ0v) is 12.7. The quantitative estimate of drug-likeness (QED) is 0.682. The van der Waals surface area contributed by atoms with E-state index in [1.165, 1.54) is 6.92 Å². The molecule has 2 fully saturated rings. The van der Waals surface area contributed by atoms with E-state index in [1.807, 2.05) is 0 Å². The Balaban J connectivity index is 1.89. The van der Waals surface area contributed by atoms with Gasteiger partial charge >= 0.3 is 0 Å². The van der Waals surface area contributed by atoms with E-state index in [0.717, 1.165) is 25.9 Å². The minimum absolute atomic E-state index is 0.0166. The van der Waals surface area contributed by atoms with Crippen molar-refractivity contribution in [3.63, 3.8) is 0 Å². The smallest absolute Gasteiger partial charge is 0.242 e. The van der Waals surface area contributed by atoms with Crippen molar-refractivity contribution in [1.82, 2.24) is 15.1 Å². The van der Waals surface area contributed by atoms with Crippen molar-refractivity contribution in [3.8, 4) is 0 Å². The van der Waals surface area contributed by atoms with Crippen molar-refractivity contribution in [3.05, 3.63) is 0 Å². The fourth-order valence-electron chi connectivity index (χ4n) is 3.18. The molecule has 1 aliphatic carbocycles. The zero-order valence-electron chi connectivity index (χ0n) is 12.7. The lowest BCUT2D eigenvalue weighted by atomic mass is 10.1. The molecule has 2 N–H and O–H groups in total. The predicted molar refractivity (Wildman–Crippen MR) is 76.7 cm³/mol. The van der Waals surface area contributed by atoms with Gasteiger partial charge in [-0.1, -0.05) is 0 Å². The van der Waals surface area contributed by atoms with Crippen LogP contribution in [0.15, 0.2) is 0 Å². The molecule has 2 rings (SSSR count). The van der Waals surface area contributed by atoms with Crippen LogP contribution in [0.2, 0.25) is 0 Å². The van der Waals surface area contributed by atoms with E-state index in [1.54, 1.807) is 11.9 Å². The lowest BCUT2D eigenvalue weighted by Crippen LogP contribution is -2.52. The van der Waals surface area contributed by atoms with Gasteiger partial charge in [0, 0.05) is 33.1 Å². The van der Waals surface area contributed by atoms with Crippen LogP contribution in [-0.4, -0.2) is 84.8 Å². The molecular formula is C14H25N3O4. The highest BCUT2D eigenvalue weighted by Gasteiger charge is 2.41. The van der Waals surface area contributed by atoms with Crippen molar-refractivity contribution in [2.24, 2.45) is 0 Å². The Morgan fingerprint density at radius 3 is 2.62 bits per heavy atom. The molecule has 0 aromatic carbocycles. The third-order valence-electron chi connectivity index (χ3n) is 4.44. The van der Waals surface area contributed by atoms with Gasteiger partial charge in [0.1, 0.15) is 0 Å². The molecule has 7 heteroatoms. The van der Waals surface area contributed by atoms with Crippen molar-refractivity contribution in [1.29, 1.82) is 0 Å². The van der Waals surface area contributed by atoms with Crippen LogP contribution in [0.4, 0.5) is 0 Å². The molecule has 7 nitrogen and oxygen atoms in total. The van der Waals surface area contributed by atoms with Gasteiger partial charge < -0.3 is 20.1 Å². The number of hydrogen-bond acceptors (Lipinski definition) is 5. The molecule has 0 spiro atoms. The lowest BCUT2D eigenvalue weighted by Gasteiger charge is -2.36. The van der Waals surface area contributed by atoms with Crippen molar-refractivity contribution >= 4 is 11.8 Å². The number of carbonyl (C=O) groups is 2. The molecule has 0 unspecified atom stereocenters. The van der Waals surface area contributed by atoms with E-state index < -0.39 is 6.10 Å². The van der Waals surface area contributed by atoms with E-state index >= 15 is 0 Å². The summed E-state index contributed by atoms with van der Waals surface area (Å²) >= 11 is 0. The number of likely N-dealkylation sites (N-methyl/N-ethyl adjacent to an activating group) is 1. The van der Waals surface area contributed by atoms with E-state index in [-0.39, 0.29) is 30.4 Å². The largest absolute Gasteiger partial charge is 0.389 e. The standard InChI is InChI=1S/C14H25N3O4/c1-10(18)15-9-13(19)16(2)11-3-4-12(14(11)20)17-5-7-21-8-6-17/h11-12,14,20H,3-9H2,1-2H3,(H,15,18)/t11-,12-,14-/m1/s1. The SMILES string of the molecule is CC(=O)NCC(=O)N(C)[C@@H]1CC[C@@H](N2CCOCC2)[C@@H]1O. The summed E-state index contributed by atoms with van der Waals surface area (Å²) in [6.45, 7) is 4.43. The first-order valence-electron chi connectivity index (χ1n) is 7.50. The first kappa shape index (κ1) is 16.2. The first-order valence-corrected chi connectivity index (χ1v) is 7.50. The molecule has 0 radical (unpaired) electrons. The van der Waals surface area contributed by atoms with Crippen LogP contribution >= 0.6 is 0 Å². The van der Waals surface area contributed by atoms with Gasteiger partial charge in [-0.15, -0.1) is 0 Å². The minimum atomic E-state index is -0.547. The second-order valence-corrected chi connectivity index (χ2v) is 5.77. The van der Waals surface area contributed by atoms with Crippen LogP contribution in [0.25, 0.3) is 0 Å². The molecule has 1 saturated heterocycles. The number of aliphatic hydroxyl groups excluding tert-OH is 1. The summed E-state index contributed by atoms with van der Waals surface area (Å²) in [5, 5.41) is 13.0. The number of hydrogen-bond donors (Lipinski definition) is 2. The van der Waals surface area contributed by atoms with Crippen LogP contribution in [0.3, 0.4) is 0 Å². The van der Waals surface area contributed by atoms with E-state index in [0.29, 0.717) is 13.2 Å². The molecular weight excluding hydrogens is 274 g/mol. The van der Waals surface area contributed by atoms with Gasteiger partial charge in [0.25, 0.3) is 0 Å². The van der Waals surface area contributed by atoms with Gasteiger partial charge in [0.15, 0.2) is 0 Å². The molecule has 2 aliphatic rings. The summed E-state index contributed by atoms with van der Waals surface area (Å²) in [6.07, 6.45) is 1.11. The fraction of sp³-hybridized carbons (Fsp3) is 0.857. The first-order chi connectivity index (χ1) is 10.0. The van der Waals surface area contributed by atoms with E-state index in [2.05, 4.69) is 10.2 Å². The van der Waals surface area contributed by atoms with Crippen LogP contribution in [-0.2, 0) is 14.3 Å². The van der Waals surface area contributed by atoms with Gasteiger partial charge in [-0.3, -0.25) is 14.5 Å².